The highest BCUT2D eigenvalue weighted by molar-refractivity contribution is 9.10. The number of amides is 2. The van der Waals surface area contributed by atoms with Crippen LogP contribution in [0.3, 0.4) is 0 Å². The first kappa shape index (κ1) is 19.9. The third-order valence-electron chi connectivity index (χ3n) is 3.64. The quantitative estimate of drug-likeness (QED) is 0.722. The van der Waals surface area contributed by atoms with Gasteiger partial charge in [-0.1, -0.05) is 28.1 Å². The maximum Gasteiger partial charge on any atom is 0.238 e. The molecule has 0 atom stereocenters. The second-order valence-corrected chi connectivity index (χ2v) is 6.82. The molecule has 2 aromatic carbocycles. The number of anilines is 2. The lowest BCUT2D eigenvalue weighted by atomic mass is 10.2. The van der Waals surface area contributed by atoms with Crippen molar-refractivity contribution < 1.29 is 14.3 Å². The number of hydrogen-bond acceptors (Lipinski definition) is 4. The average molecular weight is 420 g/mol. The molecule has 6 nitrogen and oxygen atoms in total. The molecule has 0 heterocycles. The summed E-state index contributed by atoms with van der Waals surface area (Å²) < 4.78 is 6.06. The summed E-state index contributed by atoms with van der Waals surface area (Å²) in [5, 5.41) is 5.61. The number of hydrogen-bond donors (Lipinski definition) is 2. The van der Waals surface area contributed by atoms with Gasteiger partial charge in [0.25, 0.3) is 0 Å². The van der Waals surface area contributed by atoms with Crippen LogP contribution in [0.4, 0.5) is 11.4 Å². The number of methoxy groups -OCH3 is 1. The second-order valence-electron chi connectivity index (χ2n) is 5.96. The fraction of sp³-hybridized carbons (Fsp3) is 0.263. The summed E-state index contributed by atoms with van der Waals surface area (Å²) in [6.07, 6.45) is 0. The van der Waals surface area contributed by atoms with E-state index >= 15 is 0 Å². The van der Waals surface area contributed by atoms with Crippen molar-refractivity contribution in [3.8, 4) is 5.75 Å². The van der Waals surface area contributed by atoms with Gasteiger partial charge in [0.1, 0.15) is 5.75 Å². The topological polar surface area (TPSA) is 70.7 Å². The van der Waals surface area contributed by atoms with E-state index in [4.69, 9.17) is 4.74 Å². The van der Waals surface area contributed by atoms with E-state index in [1.54, 1.807) is 43.3 Å². The Kier molecular flexibility index (Phi) is 7.17. The molecule has 7 heteroatoms. The van der Waals surface area contributed by atoms with E-state index in [2.05, 4.69) is 26.6 Å². The largest absolute Gasteiger partial charge is 0.497 e. The summed E-state index contributed by atoms with van der Waals surface area (Å²) in [5.74, 6) is 0.281. The number of nitrogens with one attached hydrogen (secondary N) is 2. The minimum atomic E-state index is -0.202. The molecule has 0 saturated heterocycles. The van der Waals surface area contributed by atoms with Crippen LogP contribution >= 0.6 is 15.9 Å². The van der Waals surface area contributed by atoms with Gasteiger partial charge in [-0.3, -0.25) is 14.5 Å². The van der Waals surface area contributed by atoms with Crippen molar-refractivity contribution in [3.05, 3.63) is 52.5 Å². The molecule has 0 aliphatic heterocycles. The minimum Gasteiger partial charge on any atom is -0.497 e. The van der Waals surface area contributed by atoms with Crippen LogP contribution in [0.2, 0.25) is 0 Å². The van der Waals surface area contributed by atoms with Gasteiger partial charge in [-0.15, -0.1) is 0 Å². The van der Waals surface area contributed by atoms with Gasteiger partial charge in [0.15, 0.2) is 0 Å². The lowest BCUT2D eigenvalue weighted by molar-refractivity contribution is -0.119. The van der Waals surface area contributed by atoms with Gasteiger partial charge in [0, 0.05) is 21.9 Å². The molecule has 2 N–H and O–H groups in total. The molecule has 2 aromatic rings. The normalized spacial score (nSPS) is 10.5. The van der Waals surface area contributed by atoms with Crippen molar-refractivity contribution in [1.29, 1.82) is 0 Å². The van der Waals surface area contributed by atoms with Gasteiger partial charge in [-0.25, -0.2) is 0 Å². The summed E-state index contributed by atoms with van der Waals surface area (Å²) in [7, 11) is 3.29. The first-order chi connectivity index (χ1) is 12.4. The molecule has 0 aliphatic rings. The fourth-order valence-corrected chi connectivity index (χ4v) is 2.70. The monoisotopic (exact) mass is 419 g/mol. The standard InChI is InChI=1S/C19H22BrN3O3/c1-13-7-8-15(10-17(13)20)22-19(25)12-23(2)11-18(24)21-14-5-4-6-16(9-14)26-3/h4-10H,11-12H2,1-3H3,(H,21,24)(H,22,25). The summed E-state index contributed by atoms with van der Waals surface area (Å²) in [6.45, 7) is 2.18. The Hall–Kier alpha value is -2.38. The first-order valence-electron chi connectivity index (χ1n) is 8.06. The highest BCUT2D eigenvalue weighted by Crippen LogP contribution is 2.20. The van der Waals surface area contributed by atoms with Crippen LogP contribution in [0.15, 0.2) is 46.9 Å². The Morgan fingerprint density at radius 1 is 1.04 bits per heavy atom. The van der Waals surface area contributed by atoms with E-state index in [1.807, 2.05) is 25.1 Å². The number of ether oxygens (including phenoxy) is 1. The molecule has 2 rings (SSSR count). The Bertz CT molecular complexity index is 795. The van der Waals surface area contributed by atoms with Crippen LogP contribution in [-0.4, -0.2) is 44.0 Å². The number of nitrogens with zero attached hydrogens (tertiary/aromatic N) is 1. The predicted molar refractivity (Wildman–Crippen MR) is 107 cm³/mol. The molecule has 0 spiro atoms. The molecule has 26 heavy (non-hydrogen) atoms. The van der Waals surface area contributed by atoms with Crippen molar-refractivity contribution in [3.63, 3.8) is 0 Å². The van der Waals surface area contributed by atoms with Gasteiger partial charge < -0.3 is 15.4 Å². The van der Waals surface area contributed by atoms with Crippen molar-refractivity contribution >= 4 is 39.1 Å². The summed E-state index contributed by atoms with van der Waals surface area (Å²) >= 11 is 3.44. The van der Waals surface area contributed by atoms with Crippen LogP contribution in [0, 0.1) is 6.92 Å². The number of carbonyl (C=O) groups excluding carboxylic acids is 2. The Labute approximate surface area is 161 Å². The number of benzene rings is 2. The molecule has 2 amide bonds. The average Bonchev–Trinajstić information content (AvgIpc) is 2.57. The molecular formula is C19H22BrN3O3. The maximum absolute atomic E-state index is 12.1. The summed E-state index contributed by atoms with van der Waals surface area (Å²) in [6, 6.07) is 12.7. The van der Waals surface area contributed by atoms with Crippen LogP contribution in [0.1, 0.15) is 5.56 Å². The zero-order valence-corrected chi connectivity index (χ0v) is 16.6. The van der Waals surface area contributed by atoms with Gasteiger partial charge in [0.2, 0.25) is 11.8 Å². The highest BCUT2D eigenvalue weighted by Gasteiger charge is 2.12. The number of aryl methyl sites for hydroxylation is 1. The van der Waals surface area contributed by atoms with Gasteiger partial charge >= 0.3 is 0 Å². The molecular weight excluding hydrogens is 398 g/mol. The van der Waals surface area contributed by atoms with Crippen molar-refractivity contribution in [2.45, 2.75) is 6.92 Å². The van der Waals surface area contributed by atoms with Crippen LogP contribution in [0.5, 0.6) is 5.75 Å². The van der Waals surface area contributed by atoms with E-state index in [9.17, 15) is 9.59 Å². The minimum absolute atomic E-state index is 0.0994. The van der Waals surface area contributed by atoms with Gasteiger partial charge in [0.05, 0.1) is 20.2 Å². The molecule has 0 radical (unpaired) electrons. The molecule has 138 valence electrons. The predicted octanol–water partition coefficient (Wildman–Crippen LogP) is 3.28. The number of halogens is 1. The maximum atomic E-state index is 12.1. The van der Waals surface area contributed by atoms with Crippen LogP contribution in [-0.2, 0) is 9.59 Å². The Balaban J connectivity index is 1.82. The molecule has 0 bridgehead atoms. The van der Waals surface area contributed by atoms with Crippen molar-refractivity contribution in [2.24, 2.45) is 0 Å². The smallest absolute Gasteiger partial charge is 0.238 e. The molecule has 0 aromatic heterocycles. The molecule has 0 unspecified atom stereocenters. The number of rotatable bonds is 7. The van der Waals surface area contributed by atoms with E-state index in [-0.39, 0.29) is 24.9 Å². The van der Waals surface area contributed by atoms with E-state index < -0.39 is 0 Å². The fourth-order valence-electron chi connectivity index (χ4n) is 2.32. The summed E-state index contributed by atoms with van der Waals surface area (Å²) in [4.78, 5) is 25.9. The van der Waals surface area contributed by atoms with E-state index in [0.29, 0.717) is 17.1 Å². The Morgan fingerprint density at radius 3 is 2.23 bits per heavy atom. The van der Waals surface area contributed by atoms with Crippen LogP contribution in [0.25, 0.3) is 0 Å². The molecule has 0 fully saturated rings. The molecule has 0 saturated carbocycles. The second kappa shape index (κ2) is 9.35. The summed E-state index contributed by atoms with van der Waals surface area (Å²) in [5.41, 5.74) is 2.45. The zero-order chi connectivity index (χ0) is 19.1. The molecule has 0 aliphatic carbocycles. The third kappa shape index (κ3) is 6.16. The first-order valence-corrected chi connectivity index (χ1v) is 8.85. The van der Waals surface area contributed by atoms with Crippen molar-refractivity contribution in [1.82, 2.24) is 4.90 Å². The number of carbonyl (C=O) groups is 2. The van der Waals surface area contributed by atoms with E-state index in [1.165, 1.54) is 0 Å². The Morgan fingerprint density at radius 2 is 1.65 bits per heavy atom. The third-order valence-corrected chi connectivity index (χ3v) is 4.49. The number of likely N-dealkylation sites (N-methyl/N-ethyl adjacent to an activating group) is 1. The lowest BCUT2D eigenvalue weighted by Crippen LogP contribution is -2.36. The highest BCUT2D eigenvalue weighted by atomic mass is 79.9. The van der Waals surface area contributed by atoms with E-state index in [0.717, 1.165) is 10.0 Å². The zero-order valence-electron chi connectivity index (χ0n) is 15.0. The van der Waals surface area contributed by atoms with Crippen molar-refractivity contribution in [2.75, 3.05) is 37.9 Å². The van der Waals surface area contributed by atoms with Crippen LogP contribution < -0.4 is 15.4 Å². The van der Waals surface area contributed by atoms with Gasteiger partial charge in [-0.2, -0.15) is 0 Å². The lowest BCUT2D eigenvalue weighted by Gasteiger charge is -2.16. The SMILES string of the molecule is COc1cccc(NC(=O)CN(C)CC(=O)Nc2ccc(C)c(Br)c2)c1. The van der Waals surface area contributed by atoms with Gasteiger partial charge in [-0.05, 0) is 43.8 Å².